The van der Waals surface area contributed by atoms with Crippen molar-refractivity contribution in [2.24, 2.45) is 5.41 Å². The molecular formula is C16H24N2O3. The molecule has 1 aliphatic carbocycles. The van der Waals surface area contributed by atoms with Gasteiger partial charge in [-0.1, -0.05) is 32.8 Å². The number of nitrogens with one attached hydrogen (secondary N) is 1. The first-order chi connectivity index (χ1) is 9.95. The Morgan fingerprint density at radius 3 is 2.81 bits per heavy atom. The van der Waals surface area contributed by atoms with Crippen molar-refractivity contribution in [3.05, 3.63) is 28.3 Å². The molecule has 1 unspecified atom stereocenters. The van der Waals surface area contributed by atoms with Crippen molar-refractivity contribution < 1.29 is 9.66 Å². The van der Waals surface area contributed by atoms with E-state index in [1.54, 1.807) is 18.2 Å². The van der Waals surface area contributed by atoms with E-state index < -0.39 is 0 Å². The van der Waals surface area contributed by atoms with E-state index in [2.05, 4.69) is 19.2 Å². The first-order valence-electron chi connectivity index (χ1n) is 7.62. The van der Waals surface area contributed by atoms with E-state index in [4.69, 9.17) is 4.74 Å². The van der Waals surface area contributed by atoms with Gasteiger partial charge in [-0.2, -0.15) is 0 Å². The summed E-state index contributed by atoms with van der Waals surface area (Å²) >= 11 is 0. The highest BCUT2D eigenvalue weighted by atomic mass is 16.6. The van der Waals surface area contributed by atoms with Gasteiger partial charge in [0, 0.05) is 6.04 Å². The van der Waals surface area contributed by atoms with Gasteiger partial charge < -0.3 is 10.1 Å². The first kappa shape index (κ1) is 15.6. The first-order valence-corrected chi connectivity index (χ1v) is 7.62. The third-order valence-corrected chi connectivity index (χ3v) is 4.32. The molecule has 0 bridgehead atoms. The van der Waals surface area contributed by atoms with Gasteiger partial charge in [0.2, 0.25) is 0 Å². The molecule has 1 aliphatic rings. The third kappa shape index (κ3) is 3.46. The van der Waals surface area contributed by atoms with Crippen molar-refractivity contribution in [2.45, 2.75) is 52.5 Å². The van der Waals surface area contributed by atoms with E-state index in [1.807, 2.05) is 6.92 Å². The molecule has 21 heavy (non-hydrogen) atoms. The van der Waals surface area contributed by atoms with Crippen LogP contribution in [0.3, 0.4) is 0 Å². The monoisotopic (exact) mass is 292 g/mol. The van der Waals surface area contributed by atoms with Crippen molar-refractivity contribution in [3.8, 4) is 5.75 Å². The normalized spacial score (nSPS) is 20.8. The van der Waals surface area contributed by atoms with Gasteiger partial charge in [-0.05, 0) is 37.3 Å². The number of para-hydroxylation sites is 1. The van der Waals surface area contributed by atoms with Crippen molar-refractivity contribution in [3.63, 3.8) is 0 Å². The van der Waals surface area contributed by atoms with Crippen LogP contribution < -0.4 is 10.1 Å². The number of benzene rings is 1. The van der Waals surface area contributed by atoms with Crippen LogP contribution in [0.2, 0.25) is 0 Å². The van der Waals surface area contributed by atoms with Gasteiger partial charge in [0.25, 0.3) is 0 Å². The Bertz CT molecular complexity index is 514. The van der Waals surface area contributed by atoms with Gasteiger partial charge in [0.05, 0.1) is 11.5 Å². The van der Waals surface area contributed by atoms with Crippen molar-refractivity contribution in [1.29, 1.82) is 0 Å². The van der Waals surface area contributed by atoms with E-state index in [1.165, 1.54) is 12.8 Å². The minimum absolute atomic E-state index is 0.0423. The fraction of sp³-hybridized carbons (Fsp3) is 0.625. The van der Waals surface area contributed by atoms with Crippen LogP contribution in [-0.2, 0) is 0 Å². The fourth-order valence-electron chi connectivity index (χ4n) is 3.05. The average Bonchev–Trinajstić information content (AvgIpc) is 2.41. The minimum atomic E-state index is -0.358. The predicted octanol–water partition coefficient (Wildman–Crippen LogP) is 4.37. The molecule has 5 heteroatoms. The Morgan fingerprint density at radius 1 is 1.43 bits per heavy atom. The molecule has 0 saturated heterocycles. The fourth-order valence-corrected chi connectivity index (χ4v) is 3.05. The average molecular weight is 292 g/mol. The van der Waals surface area contributed by atoms with Crippen molar-refractivity contribution in [2.75, 3.05) is 11.9 Å². The standard InChI is InChI=1S/C16H24N2O3/c1-4-21-13-9-7-8-12(15(13)18(19)20)17-14-10-5-6-11-16(14,2)3/h7-9,14,17H,4-6,10-11H2,1-3H3. The summed E-state index contributed by atoms with van der Waals surface area (Å²) in [5.74, 6) is 0.334. The summed E-state index contributed by atoms with van der Waals surface area (Å²) in [6, 6.07) is 5.47. The number of rotatable bonds is 5. The molecule has 0 aromatic heterocycles. The molecule has 0 heterocycles. The third-order valence-electron chi connectivity index (χ3n) is 4.32. The van der Waals surface area contributed by atoms with Gasteiger partial charge >= 0.3 is 5.69 Å². The molecule has 116 valence electrons. The number of anilines is 1. The van der Waals surface area contributed by atoms with E-state index >= 15 is 0 Å². The van der Waals surface area contributed by atoms with Gasteiger partial charge in [0.15, 0.2) is 5.75 Å². The maximum atomic E-state index is 11.4. The predicted molar refractivity (Wildman–Crippen MR) is 83.9 cm³/mol. The van der Waals surface area contributed by atoms with E-state index in [-0.39, 0.29) is 22.1 Å². The lowest BCUT2D eigenvalue weighted by atomic mass is 9.73. The number of nitro benzene ring substituents is 1. The Hall–Kier alpha value is -1.78. The SMILES string of the molecule is CCOc1cccc(NC2CCCCC2(C)C)c1[N+](=O)[O-]. The summed E-state index contributed by atoms with van der Waals surface area (Å²) in [5.41, 5.74) is 0.750. The summed E-state index contributed by atoms with van der Waals surface area (Å²) < 4.78 is 5.40. The number of nitro groups is 1. The smallest absolute Gasteiger partial charge is 0.333 e. The van der Waals surface area contributed by atoms with Crippen LogP contribution in [0, 0.1) is 15.5 Å². The molecule has 1 aromatic rings. The largest absolute Gasteiger partial charge is 0.487 e. The summed E-state index contributed by atoms with van der Waals surface area (Å²) in [4.78, 5) is 11.0. The molecule has 2 rings (SSSR count). The highest BCUT2D eigenvalue weighted by Crippen LogP contribution is 2.41. The molecule has 1 saturated carbocycles. The van der Waals surface area contributed by atoms with Crippen LogP contribution in [0.15, 0.2) is 18.2 Å². The van der Waals surface area contributed by atoms with Gasteiger partial charge in [0.1, 0.15) is 5.69 Å². The van der Waals surface area contributed by atoms with Crippen LogP contribution in [0.5, 0.6) is 5.75 Å². The maximum absolute atomic E-state index is 11.4. The lowest BCUT2D eigenvalue weighted by Gasteiger charge is -2.39. The zero-order chi connectivity index (χ0) is 15.5. The van der Waals surface area contributed by atoms with Gasteiger partial charge in [-0.15, -0.1) is 0 Å². The van der Waals surface area contributed by atoms with E-state index in [0.717, 1.165) is 12.8 Å². The van der Waals surface area contributed by atoms with E-state index in [9.17, 15) is 10.1 Å². The number of nitrogens with zero attached hydrogens (tertiary/aromatic N) is 1. The molecule has 0 spiro atoms. The van der Waals surface area contributed by atoms with Gasteiger partial charge in [-0.3, -0.25) is 10.1 Å². The van der Waals surface area contributed by atoms with Crippen molar-refractivity contribution in [1.82, 2.24) is 0 Å². The summed E-state index contributed by atoms with van der Waals surface area (Å²) in [6.45, 7) is 6.69. The molecule has 0 aliphatic heterocycles. The molecule has 1 aromatic carbocycles. The second-order valence-corrected chi connectivity index (χ2v) is 6.27. The molecule has 1 atom stereocenters. The zero-order valence-corrected chi connectivity index (χ0v) is 13.0. The maximum Gasteiger partial charge on any atom is 0.333 e. The zero-order valence-electron chi connectivity index (χ0n) is 13.0. The highest BCUT2D eigenvalue weighted by Gasteiger charge is 2.34. The Morgan fingerprint density at radius 2 is 2.19 bits per heavy atom. The molecular weight excluding hydrogens is 268 g/mol. The Kier molecular flexibility index (Phi) is 4.70. The highest BCUT2D eigenvalue weighted by molar-refractivity contribution is 5.68. The number of hydrogen-bond acceptors (Lipinski definition) is 4. The molecule has 1 fully saturated rings. The van der Waals surface area contributed by atoms with Crippen LogP contribution in [-0.4, -0.2) is 17.6 Å². The lowest BCUT2D eigenvalue weighted by Crippen LogP contribution is -2.39. The summed E-state index contributed by atoms with van der Waals surface area (Å²) in [7, 11) is 0. The van der Waals surface area contributed by atoms with Crippen LogP contribution in [0.25, 0.3) is 0 Å². The molecule has 1 N–H and O–H groups in total. The van der Waals surface area contributed by atoms with Gasteiger partial charge in [-0.25, -0.2) is 0 Å². The molecule has 0 radical (unpaired) electrons. The minimum Gasteiger partial charge on any atom is -0.487 e. The molecule has 5 nitrogen and oxygen atoms in total. The number of ether oxygens (including phenoxy) is 1. The van der Waals surface area contributed by atoms with Crippen LogP contribution in [0.1, 0.15) is 46.5 Å². The molecule has 0 amide bonds. The van der Waals surface area contributed by atoms with Crippen molar-refractivity contribution >= 4 is 11.4 Å². The Balaban J connectivity index is 2.30. The van der Waals surface area contributed by atoms with Crippen LogP contribution in [0.4, 0.5) is 11.4 Å². The van der Waals surface area contributed by atoms with Crippen LogP contribution >= 0.6 is 0 Å². The second kappa shape index (κ2) is 6.33. The quantitative estimate of drug-likeness (QED) is 0.646. The second-order valence-electron chi connectivity index (χ2n) is 6.27. The number of hydrogen-bond donors (Lipinski definition) is 1. The summed E-state index contributed by atoms with van der Waals surface area (Å²) in [5, 5.41) is 14.8. The lowest BCUT2D eigenvalue weighted by molar-refractivity contribution is -0.385. The van der Waals surface area contributed by atoms with E-state index in [0.29, 0.717) is 18.0 Å². The topological polar surface area (TPSA) is 64.4 Å². The Labute approximate surface area is 125 Å². The summed E-state index contributed by atoms with van der Waals surface area (Å²) in [6.07, 6.45) is 4.58.